The molecule has 20 heavy (non-hydrogen) atoms. The highest BCUT2D eigenvalue weighted by Gasteiger charge is 2.18. The number of nitrogens with two attached hydrogens (primary N) is 1. The van der Waals surface area contributed by atoms with Crippen molar-refractivity contribution in [1.29, 1.82) is 0 Å². The number of methoxy groups -OCH3 is 2. The van der Waals surface area contributed by atoms with Crippen LogP contribution < -0.4 is 15.2 Å². The Labute approximate surface area is 115 Å². The van der Waals surface area contributed by atoms with Crippen molar-refractivity contribution in [3.63, 3.8) is 0 Å². The Balaban J connectivity index is 2.27. The van der Waals surface area contributed by atoms with E-state index < -0.39 is 0 Å². The zero-order chi connectivity index (χ0) is 14.1. The maximum absolute atomic E-state index is 5.90. The number of para-hydroxylation sites is 1. The molecule has 0 bridgehead atoms. The average Bonchev–Trinajstić information content (AvgIpc) is 2.91. The lowest BCUT2D eigenvalue weighted by atomic mass is 10.1. The second kappa shape index (κ2) is 4.77. The normalized spacial score (nSPS) is 10.7. The van der Waals surface area contributed by atoms with E-state index in [1.807, 2.05) is 30.3 Å². The minimum atomic E-state index is 0.423. The Hall–Kier alpha value is -2.69. The predicted octanol–water partition coefficient (Wildman–Crippen LogP) is 3.09. The molecule has 0 atom stereocenters. The maximum atomic E-state index is 5.90. The molecule has 2 aromatic carbocycles. The SMILES string of the molecule is COc1cccc(OC)c1-c1nc2c(N)cccc2o1. The van der Waals surface area contributed by atoms with E-state index in [1.54, 1.807) is 20.3 Å². The topological polar surface area (TPSA) is 70.5 Å². The van der Waals surface area contributed by atoms with Gasteiger partial charge in [-0.05, 0) is 24.3 Å². The van der Waals surface area contributed by atoms with Crippen LogP contribution in [0, 0.1) is 0 Å². The average molecular weight is 270 g/mol. The molecule has 0 fully saturated rings. The molecule has 1 aromatic heterocycles. The molecule has 0 saturated carbocycles. The third-order valence-electron chi connectivity index (χ3n) is 3.09. The minimum absolute atomic E-state index is 0.423. The summed E-state index contributed by atoms with van der Waals surface area (Å²) in [6, 6.07) is 10.9. The molecular formula is C15H14N2O3. The second-order valence-corrected chi connectivity index (χ2v) is 4.25. The van der Waals surface area contributed by atoms with Crippen molar-refractivity contribution in [3.8, 4) is 23.0 Å². The molecule has 102 valence electrons. The van der Waals surface area contributed by atoms with Gasteiger partial charge in [-0.2, -0.15) is 0 Å². The van der Waals surface area contributed by atoms with Gasteiger partial charge in [0.25, 0.3) is 0 Å². The standard InChI is InChI=1S/C15H14N2O3/c1-18-10-6-4-7-11(19-2)13(10)15-17-14-9(16)5-3-8-12(14)20-15/h3-8H,16H2,1-2H3. The van der Waals surface area contributed by atoms with Gasteiger partial charge in [0.15, 0.2) is 5.58 Å². The summed E-state index contributed by atoms with van der Waals surface area (Å²) in [5, 5.41) is 0. The Morgan fingerprint density at radius 1 is 1.00 bits per heavy atom. The number of rotatable bonds is 3. The first-order valence-electron chi connectivity index (χ1n) is 6.11. The maximum Gasteiger partial charge on any atom is 0.234 e. The number of benzene rings is 2. The summed E-state index contributed by atoms with van der Waals surface area (Å²) in [5.74, 6) is 1.69. The van der Waals surface area contributed by atoms with Crippen molar-refractivity contribution in [1.82, 2.24) is 4.98 Å². The molecular weight excluding hydrogens is 256 g/mol. The van der Waals surface area contributed by atoms with Crippen LogP contribution in [0.15, 0.2) is 40.8 Å². The van der Waals surface area contributed by atoms with Crippen LogP contribution in [0.3, 0.4) is 0 Å². The van der Waals surface area contributed by atoms with Gasteiger partial charge in [0.2, 0.25) is 5.89 Å². The number of nitrogens with zero attached hydrogens (tertiary/aromatic N) is 1. The summed E-state index contributed by atoms with van der Waals surface area (Å²) in [4.78, 5) is 4.45. The number of hydrogen-bond donors (Lipinski definition) is 1. The number of fused-ring (bicyclic) bond motifs is 1. The van der Waals surface area contributed by atoms with Crippen molar-refractivity contribution in [2.24, 2.45) is 0 Å². The zero-order valence-electron chi connectivity index (χ0n) is 11.2. The van der Waals surface area contributed by atoms with Crippen molar-refractivity contribution in [2.45, 2.75) is 0 Å². The summed E-state index contributed by atoms with van der Waals surface area (Å²) >= 11 is 0. The molecule has 5 heteroatoms. The second-order valence-electron chi connectivity index (χ2n) is 4.25. The van der Waals surface area contributed by atoms with Crippen molar-refractivity contribution < 1.29 is 13.9 Å². The van der Waals surface area contributed by atoms with Crippen LogP contribution in [0.5, 0.6) is 11.5 Å². The fraction of sp³-hybridized carbons (Fsp3) is 0.133. The van der Waals surface area contributed by atoms with Gasteiger partial charge in [-0.1, -0.05) is 12.1 Å². The first-order valence-corrected chi connectivity index (χ1v) is 6.11. The number of nitrogen functional groups attached to an aromatic ring is 1. The van der Waals surface area contributed by atoms with E-state index >= 15 is 0 Å². The van der Waals surface area contributed by atoms with Crippen molar-refractivity contribution in [3.05, 3.63) is 36.4 Å². The van der Waals surface area contributed by atoms with Crippen LogP contribution in [0.1, 0.15) is 0 Å². The highest BCUT2D eigenvalue weighted by atomic mass is 16.5. The Morgan fingerprint density at radius 2 is 1.65 bits per heavy atom. The van der Waals surface area contributed by atoms with E-state index in [-0.39, 0.29) is 0 Å². The van der Waals surface area contributed by atoms with Crippen LogP contribution in [0.25, 0.3) is 22.6 Å². The lowest BCUT2D eigenvalue weighted by molar-refractivity contribution is 0.394. The number of ether oxygens (including phenoxy) is 2. The van der Waals surface area contributed by atoms with Crippen LogP contribution >= 0.6 is 0 Å². The van der Waals surface area contributed by atoms with Gasteiger partial charge >= 0.3 is 0 Å². The van der Waals surface area contributed by atoms with E-state index in [4.69, 9.17) is 19.6 Å². The number of hydrogen-bond acceptors (Lipinski definition) is 5. The highest BCUT2D eigenvalue weighted by molar-refractivity contribution is 5.88. The van der Waals surface area contributed by atoms with E-state index in [0.29, 0.717) is 39.7 Å². The Morgan fingerprint density at radius 3 is 2.25 bits per heavy atom. The third kappa shape index (κ3) is 1.84. The lowest BCUT2D eigenvalue weighted by Crippen LogP contribution is -1.93. The number of anilines is 1. The monoisotopic (exact) mass is 270 g/mol. The highest BCUT2D eigenvalue weighted by Crippen LogP contribution is 2.39. The summed E-state index contributed by atoms with van der Waals surface area (Å²) in [7, 11) is 3.19. The van der Waals surface area contributed by atoms with Gasteiger partial charge in [-0.15, -0.1) is 0 Å². The molecule has 3 aromatic rings. The lowest BCUT2D eigenvalue weighted by Gasteiger charge is -2.09. The molecule has 0 spiro atoms. The van der Waals surface area contributed by atoms with Gasteiger partial charge in [-0.25, -0.2) is 4.98 Å². The fourth-order valence-corrected chi connectivity index (χ4v) is 2.14. The zero-order valence-corrected chi connectivity index (χ0v) is 11.2. The molecule has 0 radical (unpaired) electrons. The molecule has 0 aliphatic carbocycles. The molecule has 5 nitrogen and oxygen atoms in total. The minimum Gasteiger partial charge on any atom is -0.496 e. The van der Waals surface area contributed by atoms with Crippen LogP contribution in [-0.2, 0) is 0 Å². The molecule has 0 amide bonds. The molecule has 1 heterocycles. The van der Waals surface area contributed by atoms with Gasteiger partial charge in [0.1, 0.15) is 22.6 Å². The van der Waals surface area contributed by atoms with Crippen molar-refractivity contribution in [2.75, 3.05) is 20.0 Å². The molecule has 0 aliphatic rings. The Bertz CT molecular complexity index is 743. The largest absolute Gasteiger partial charge is 0.496 e. The smallest absolute Gasteiger partial charge is 0.234 e. The van der Waals surface area contributed by atoms with Gasteiger partial charge in [-0.3, -0.25) is 0 Å². The van der Waals surface area contributed by atoms with E-state index in [0.717, 1.165) is 0 Å². The predicted molar refractivity (Wildman–Crippen MR) is 77.0 cm³/mol. The Kier molecular flexibility index (Phi) is 2.95. The summed E-state index contributed by atoms with van der Waals surface area (Å²) in [6.07, 6.45) is 0. The molecule has 2 N–H and O–H groups in total. The molecule has 3 rings (SSSR count). The molecule has 0 saturated heterocycles. The van der Waals surface area contributed by atoms with Crippen LogP contribution in [0.4, 0.5) is 5.69 Å². The van der Waals surface area contributed by atoms with E-state index in [2.05, 4.69) is 4.98 Å². The summed E-state index contributed by atoms with van der Waals surface area (Å²) in [6.45, 7) is 0. The first-order chi connectivity index (χ1) is 9.74. The fourth-order valence-electron chi connectivity index (χ4n) is 2.14. The van der Waals surface area contributed by atoms with Gasteiger partial charge in [0.05, 0.1) is 19.9 Å². The van der Waals surface area contributed by atoms with Crippen LogP contribution in [0.2, 0.25) is 0 Å². The number of aromatic nitrogens is 1. The quantitative estimate of drug-likeness (QED) is 0.740. The van der Waals surface area contributed by atoms with Gasteiger partial charge in [0, 0.05) is 0 Å². The van der Waals surface area contributed by atoms with Gasteiger partial charge < -0.3 is 19.6 Å². The van der Waals surface area contributed by atoms with E-state index in [1.165, 1.54) is 0 Å². The third-order valence-corrected chi connectivity index (χ3v) is 3.09. The van der Waals surface area contributed by atoms with Crippen molar-refractivity contribution >= 4 is 16.8 Å². The first kappa shape index (κ1) is 12.3. The molecule has 0 unspecified atom stereocenters. The summed E-state index contributed by atoms with van der Waals surface area (Å²) in [5.41, 5.74) is 8.42. The summed E-state index contributed by atoms with van der Waals surface area (Å²) < 4.78 is 16.5. The van der Waals surface area contributed by atoms with E-state index in [9.17, 15) is 0 Å². The molecule has 0 aliphatic heterocycles. The van der Waals surface area contributed by atoms with Crippen LogP contribution in [-0.4, -0.2) is 19.2 Å². The number of oxazole rings is 1.